The number of nitrogens with zero attached hydrogens (tertiary/aromatic N) is 4. The highest BCUT2D eigenvalue weighted by Gasteiger charge is 2.49. The van der Waals surface area contributed by atoms with Gasteiger partial charge in [-0.05, 0) is 68.5 Å². The molecule has 2 N–H and O–H groups in total. The van der Waals surface area contributed by atoms with Crippen molar-refractivity contribution in [3.63, 3.8) is 0 Å². The fraction of sp³-hybridized carbons (Fsp3) is 0.481. The summed E-state index contributed by atoms with van der Waals surface area (Å²) in [5.74, 6) is 0.318. The summed E-state index contributed by atoms with van der Waals surface area (Å²) in [7, 11) is 0. The van der Waals surface area contributed by atoms with Crippen molar-refractivity contribution in [2.45, 2.75) is 50.7 Å². The van der Waals surface area contributed by atoms with E-state index in [4.69, 9.17) is 21.3 Å². The third-order valence-electron chi connectivity index (χ3n) is 8.41. The summed E-state index contributed by atoms with van der Waals surface area (Å²) in [6, 6.07) is 2.78. The highest BCUT2D eigenvalue weighted by molar-refractivity contribution is 6.33. The van der Waals surface area contributed by atoms with Crippen molar-refractivity contribution >= 4 is 34.5 Å². The molecule has 1 saturated heterocycles. The number of amides is 1. The number of carbonyl (C=O) groups excluding carboxylic acids is 1. The van der Waals surface area contributed by atoms with Gasteiger partial charge in [0.15, 0.2) is 5.82 Å². The minimum Gasteiger partial charge on any atom is -0.377 e. The summed E-state index contributed by atoms with van der Waals surface area (Å²) >= 11 is 6.09. The van der Waals surface area contributed by atoms with Gasteiger partial charge < -0.3 is 19.9 Å². The number of aromatic nitrogens is 4. The number of carbonyl (C=O) groups is 1. The van der Waals surface area contributed by atoms with Gasteiger partial charge >= 0.3 is 6.18 Å². The Morgan fingerprint density at radius 3 is 2.75 bits per heavy atom. The number of hydrogen-bond acceptors (Lipinski definition) is 6. The zero-order valence-electron chi connectivity index (χ0n) is 21.8. The molecule has 13 heteroatoms. The number of nitrogens with one attached hydrogen (secondary N) is 2. The van der Waals surface area contributed by atoms with E-state index in [1.165, 1.54) is 4.52 Å². The molecule has 40 heavy (non-hydrogen) atoms. The molecule has 6 rings (SSSR count). The van der Waals surface area contributed by atoms with E-state index >= 15 is 0 Å². The molecule has 1 fully saturated rings. The Kier molecular flexibility index (Phi) is 6.75. The van der Waals surface area contributed by atoms with Crippen molar-refractivity contribution in [2.24, 2.45) is 5.92 Å². The Bertz CT molecular complexity index is 1590. The second kappa shape index (κ2) is 10.0. The molecule has 3 aliphatic rings. The first kappa shape index (κ1) is 27.0. The van der Waals surface area contributed by atoms with Gasteiger partial charge in [-0.2, -0.15) is 22.7 Å². The Morgan fingerprint density at radius 2 is 2.08 bits per heavy atom. The summed E-state index contributed by atoms with van der Waals surface area (Å²) in [5, 5.41) is 10.4. The molecule has 1 unspecified atom stereocenters. The molecule has 3 aromatic rings. The molecular formula is C27H28ClF3N6O3. The van der Waals surface area contributed by atoms with E-state index in [2.05, 4.69) is 22.7 Å². The van der Waals surface area contributed by atoms with E-state index in [0.717, 1.165) is 55.4 Å². The molecule has 2 aromatic heterocycles. The normalized spacial score (nSPS) is 20.5. The van der Waals surface area contributed by atoms with Crippen molar-refractivity contribution in [1.82, 2.24) is 24.5 Å². The molecule has 1 aliphatic carbocycles. The molecule has 1 spiro atoms. The molecule has 212 valence electrons. The van der Waals surface area contributed by atoms with Crippen LogP contribution in [0.2, 0.25) is 5.02 Å². The van der Waals surface area contributed by atoms with Crippen LogP contribution in [0.25, 0.3) is 11.4 Å². The van der Waals surface area contributed by atoms with Crippen molar-refractivity contribution in [1.29, 1.82) is 0 Å². The van der Waals surface area contributed by atoms with Crippen LogP contribution in [-0.2, 0) is 34.1 Å². The van der Waals surface area contributed by atoms with Crippen LogP contribution in [-0.4, -0.2) is 51.4 Å². The maximum Gasteiger partial charge on any atom is 0.416 e. The number of benzene rings is 1. The van der Waals surface area contributed by atoms with Gasteiger partial charge in [-0.15, -0.1) is 5.10 Å². The van der Waals surface area contributed by atoms with Crippen LogP contribution in [0.5, 0.6) is 0 Å². The lowest BCUT2D eigenvalue weighted by Gasteiger charge is -2.38. The Morgan fingerprint density at radius 1 is 1.30 bits per heavy atom. The SMILES string of the molecule is CC1Cc2c(c(=O)n3nc(C4=CCOCC4)nc3n2CC(=O)Nc2ccc(C(F)(F)F)cc2Cl)C12CCNCC2. The predicted octanol–water partition coefficient (Wildman–Crippen LogP) is 3.82. The Balaban J connectivity index is 1.43. The number of hydrogen-bond donors (Lipinski definition) is 2. The first-order valence-electron chi connectivity index (χ1n) is 13.3. The monoisotopic (exact) mass is 576 g/mol. The number of halogens is 4. The van der Waals surface area contributed by atoms with Crippen LogP contribution in [0.3, 0.4) is 0 Å². The Hall–Kier alpha value is -3.22. The Labute approximate surface area is 232 Å². The van der Waals surface area contributed by atoms with Crippen molar-refractivity contribution in [2.75, 3.05) is 31.6 Å². The minimum atomic E-state index is -4.55. The molecule has 2 aliphatic heterocycles. The van der Waals surface area contributed by atoms with Crippen LogP contribution in [0.1, 0.15) is 48.8 Å². The van der Waals surface area contributed by atoms with Crippen LogP contribution < -0.4 is 16.2 Å². The fourth-order valence-electron chi connectivity index (χ4n) is 6.32. The van der Waals surface area contributed by atoms with Crippen LogP contribution in [0.4, 0.5) is 18.9 Å². The molecule has 0 radical (unpaired) electrons. The van der Waals surface area contributed by atoms with Gasteiger partial charge in [0.05, 0.1) is 29.5 Å². The molecule has 0 saturated carbocycles. The van der Waals surface area contributed by atoms with Gasteiger partial charge in [-0.3, -0.25) is 9.59 Å². The third kappa shape index (κ3) is 4.51. The quantitative estimate of drug-likeness (QED) is 0.490. The van der Waals surface area contributed by atoms with Crippen molar-refractivity contribution < 1.29 is 22.7 Å². The maximum atomic E-state index is 14.0. The number of anilines is 1. The highest BCUT2D eigenvalue weighted by Crippen LogP contribution is 2.47. The molecule has 1 aromatic carbocycles. The lowest BCUT2D eigenvalue weighted by atomic mass is 9.69. The van der Waals surface area contributed by atoms with E-state index in [-0.39, 0.29) is 39.9 Å². The zero-order chi connectivity index (χ0) is 28.2. The summed E-state index contributed by atoms with van der Waals surface area (Å²) in [6.45, 7) is 4.42. The van der Waals surface area contributed by atoms with E-state index in [0.29, 0.717) is 37.4 Å². The number of ether oxygens (including phenoxy) is 1. The summed E-state index contributed by atoms with van der Waals surface area (Å²) < 4.78 is 47.6. The topological polar surface area (TPSA) is 103 Å². The van der Waals surface area contributed by atoms with Crippen molar-refractivity contribution in [3.05, 3.63) is 62.3 Å². The standard InChI is InChI=1S/C27H28ClF3N6O3/c1-15-12-20-22(26(15)6-8-32-9-7-26)24(39)37-25(34-23(35-37)16-4-10-40-11-5-16)36(20)14-21(38)33-19-3-2-17(13-18(19)28)27(29,30)31/h2-4,13,15,32H,5-12,14H2,1H3,(H,33,38). The smallest absolute Gasteiger partial charge is 0.377 e. The lowest BCUT2D eigenvalue weighted by molar-refractivity contribution is -0.137. The van der Waals surface area contributed by atoms with Gasteiger partial charge in [-0.25, -0.2) is 0 Å². The first-order valence-corrected chi connectivity index (χ1v) is 13.6. The third-order valence-corrected chi connectivity index (χ3v) is 8.72. The zero-order valence-corrected chi connectivity index (χ0v) is 22.5. The molecule has 0 bridgehead atoms. The van der Waals surface area contributed by atoms with E-state index in [1.807, 2.05) is 6.08 Å². The second-order valence-corrected chi connectivity index (χ2v) is 11.1. The molecular weight excluding hydrogens is 549 g/mol. The van der Waals surface area contributed by atoms with Gasteiger partial charge in [0.25, 0.3) is 5.56 Å². The lowest BCUT2D eigenvalue weighted by Crippen LogP contribution is -2.45. The molecule has 4 heterocycles. The van der Waals surface area contributed by atoms with Crippen LogP contribution >= 0.6 is 11.6 Å². The van der Waals surface area contributed by atoms with Gasteiger partial charge in [0.1, 0.15) is 6.54 Å². The average molecular weight is 577 g/mol. The van der Waals surface area contributed by atoms with E-state index in [9.17, 15) is 22.8 Å². The average Bonchev–Trinajstić information content (AvgIpc) is 3.49. The molecule has 1 atom stereocenters. The van der Waals surface area contributed by atoms with E-state index < -0.39 is 17.6 Å². The maximum absolute atomic E-state index is 14.0. The van der Waals surface area contributed by atoms with Crippen LogP contribution in [0.15, 0.2) is 29.1 Å². The predicted molar refractivity (Wildman–Crippen MR) is 142 cm³/mol. The molecule has 9 nitrogen and oxygen atoms in total. The summed E-state index contributed by atoms with van der Waals surface area (Å²) in [5.41, 5.74) is 0.885. The first-order chi connectivity index (χ1) is 19.1. The van der Waals surface area contributed by atoms with Crippen LogP contribution in [0, 0.1) is 5.92 Å². The number of rotatable bonds is 4. The second-order valence-electron chi connectivity index (χ2n) is 10.7. The largest absolute Gasteiger partial charge is 0.416 e. The van der Waals surface area contributed by atoms with Gasteiger partial charge in [0.2, 0.25) is 11.7 Å². The van der Waals surface area contributed by atoms with E-state index in [1.54, 1.807) is 4.57 Å². The fourth-order valence-corrected chi connectivity index (χ4v) is 6.55. The van der Waals surface area contributed by atoms with Crippen molar-refractivity contribution in [3.8, 4) is 0 Å². The van der Waals surface area contributed by atoms with Gasteiger partial charge in [-0.1, -0.05) is 24.6 Å². The number of fused-ring (bicyclic) bond motifs is 3. The van der Waals surface area contributed by atoms with Gasteiger partial charge in [0, 0.05) is 16.7 Å². The summed E-state index contributed by atoms with van der Waals surface area (Å²) in [6.07, 6.45) is 0.106. The highest BCUT2D eigenvalue weighted by atomic mass is 35.5. The number of alkyl halides is 3. The number of piperidine rings is 1. The minimum absolute atomic E-state index is 0.0612. The molecule has 1 amide bonds. The summed E-state index contributed by atoms with van der Waals surface area (Å²) in [4.78, 5) is 32.0.